The van der Waals surface area contributed by atoms with Crippen LogP contribution in [0.25, 0.3) is 88.4 Å². The van der Waals surface area contributed by atoms with E-state index in [1.165, 1.54) is 18.2 Å². The monoisotopic (exact) mass is 646 g/mol. The second kappa shape index (κ2) is 11.5. The van der Waals surface area contributed by atoms with Gasteiger partial charge in [0.05, 0.1) is 47.1 Å². The first-order valence-corrected chi connectivity index (χ1v) is 16.4. The highest BCUT2D eigenvalue weighted by molar-refractivity contribution is 6.13. The Hall–Kier alpha value is -6.64. The van der Waals surface area contributed by atoms with Gasteiger partial charge in [-0.25, -0.2) is 0 Å². The first-order valence-electron chi connectivity index (χ1n) is 21.4. The zero-order chi connectivity index (χ0) is 41.7. The molecule has 50 heavy (non-hydrogen) atoms. The Kier molecular flexibility index (Phi) is 4.60. The molecule has 0 atom stereocenters. The second-order valence-electron chi connectivity index (χ2n) is 12.1. The van der Waals surface area contributed by atoms with E-state index in [1.54, 1.807) is 10.6 Å². The number of hydrogen-bond donors (Lipinski definition) is 0. The Bertz CT molecular complexity index is 3430. The predicted octanol–water partition coefficient (Wildman–Crippen LogP) is 12.9. The van der Waals surface area contributed by atoms with Crippen LogP contribution < -0.4 is 0 Å². The first kappa shape index (κ1) is 20.0. The summed E-state index contributed by atoms with van der Waals surface area (Å²) in [6.45, 7) is 0. The fraction of sp³-hybridized carbons (Fsp3) is 0. The van der Waals surface area contributed by atoms with Gasteiger partial charge in [-0.05, 0) is 70.7 Å². The number of hydrogen-bond acceptors (Lipinski definition) is 0. The normalized spacial score (nSPS) is 14.4. The lowest BCUT2D eigenvalue weighted by Gasteiger charge is -2.14. The molecule has 0 spiro atoms. The van der Waals surface area contributed by atoms with Crippen molar-refractivity contribution >= 4 is 43.6 Å². The van der Waals surface area contributed by atoms with Crippen molar-refractivity contribution in [2.45, 2.75) is 0 Å². The van der Waals surface area contributed by atoms with Crippen molar-refractivity contribution < 1.29 is 13.7 Å². The lowest BCUT2D eigenvalue weighted by molar-refractivity contribution is 1.18. The SMILES string of the molecule is [2H]c1cc([2H])c2c3c([2H])c(-c4c([2H])cc5c(c4[2H])c4c([2H])c([2H])c([2H])cc4n5-c4ccccc4-c4ccccc4)c([2H])c([2H])c3n(-c3ccccc3-c3ccccc3)c2c1. The molecular weight excluding hydrogens is 605 g/mol. The Morgan fingerprint density at radius 2 is 0.840 bits per heavy atom. The summed E-state index contributed by atoms with van der Waals surface area (Å²) in [5.74, 6) is 0. The minimum atomic E-state index is -0.397. The van der Waals surface area contributed by atoms with Crippen molar-refractivity contribution in [1.82, 2.24) is 9.13 Å². The van der Waals surface area contributed by atoms with Gasteiger partial charge in [-0.15, -0.1) is 0 Å². The summed E-state index contributed by atoms with van der Waals surface area (Å²) in [6, 6.07) is 38.4. The molecule has 0 amide bonds. The van der Waals surface area contributed by atoms with Gasteiger partial charge in [-0.2, -0.15) is 0 Å². The summed E-state index contributed by atoms with van der Waals surface area (Å²) in [5, 5.41) is 0.908. The number of aromatic nitrogens is 2. The highest BCUT2D eigenvalue weighted by atomic mass is 15.0. The minimum absolute atomic E-state index is 0.0455. The standard InChI is InChI=1S/C48H32N2/c1-3-15-33(16-4-1)37-19-7-11-23-43(37)49-45-25-13-9-21-39(45)41-31-35(27-29-47(41)49)36-28-30-48-42(32-36)40-22-10-14-26-46(40)50(48)44-24-12-8-20-38(44)34-17-5-2-6-18-34/h1-32H/i9D,13D,14D,21D,22D,27D,28D,30D,31D,32D. The van der Waals surface area contributed by atoms with Gasteiger partial charge in [0.15, 0.2) is 0 Å². The predicted molar refractivity (Wildman–Crippen MR) is 211 cm³/mol. The summed E-state index contributed by atoms with van der Waals surface area (Å²) >= 11 is 0. The van der Waals surface area contributed by atoms with Crippen molar-refractivity contribution in [3.63, 3.8) is 0 Å². The highest BCUT2D eigenvalue weighted by Crippen LogP contribution is 2.40. The van der Waals surface area contributed by atoms with E-state index in [0.717, 1.165) is 22.3 Å². The number of rotatable bonds is 5. The van der Waals surface area contributed by atoms with Crippen LogP contribution in [0.3, 0.4) is 0 Å². The molecule has 0 saturated heterocycles. The number of fused-ring (bicyclic) bond motifs is 6. The smallest absolute Gasteiger partial charge is 0.0645 e. The minimum Gasteiger partial charge on any atom is -0.309 e. The molecule has 234 valence electrons. The molecule has 0 N–H and O–H groups in total. The van der Waals surface area contributed by atoms with E-state index < -0.39 is 6.04 Å². The quantitative estimate of drug-likeness (QED) is 0.176. The maximum absolute atomic E-state index is 9.86. The zero-order valence-corrected chi connectivity index (χ0v) is 26.6. The Labute approximate surface area is 304 Å². The Morgan fingerprint density at radius 3 is 1.52 bits per heavy atom. The van der Waals surface area contributed by atoms with Crippen LogP contribution in [-0.2, 0) is 0 Å². The molecular formula is C48H32N2. The van der Waals surface area contributed by atoms with Crippen LogP contribution in [0.15, 0.2) is 194 Å². The zero-order valence-electron chi connectivity index (χ0n) is 36.6. The molecule has 0 unspecified atom stereocenters. The van der Waals surface area contributed by atoms with Gasteiger partial charge in [0, 0.05) is 32.7 Å². The van der Waals surface area contributed by atoms with Gasteiger partial charge in [0.1, 0.15) is 0 Å². The summed E-state index contributed by atoms with van der Waals surface area (Å²) in [5.41, 5.74) is 5.83. The van der Waals surface area contributed by atoms with Crippen molar-refractivity contribution in [3.05, 3.63) is 194 Å². The van der Waals surface area contributed by atoms with Crippen molar-refractivity contribution in [1.29, 1.82) is 0 Å². The van der Waals surface area contributed by atoms with E-state index >= 15 is 0 Å². The third-order valence-electron chi connectivity index (χ3n) is 9.31. The topological polar surface area (TPSA) is 9.86 Å². The molecule has 0 bridgehead atoms. The van der Waals surface area contributed by atoms with E-state index in [9.17, 15) is 6.85 Å². The third-order valence-corrected chi connectivity index (χ3v) is 9.31. The Balaban J connectivity index is 1.33. The summed E-state index contributed by atoms with van der Waals surface area (Å²) < 4.78 is 96.2. The van der Waals surface area contributed by atoms with Crippen molar-refractivity contribution in [2.24, 2.45) is 0 Å². The van der Waals surface area contributed by atoms with E-state index in [2.05, 4.69) is 0 Å². The van der Waals surface area contributed by atoms with Gasteiger partial charge in [-0.3, -0.25) is 0 Å². The molecule has 0 aliphatic carbocycles. The maximum Gasteiger partial charge on any atom is 0.0645 e. The van der Waals surface area contributed by atoms with Gasteiger partial charge >= 0.3 is 0 Å². The van der Waals surface area contributed by atoms with E-state index in [0.29, 0.717) is 33.3 Å². The van der Waals surface area contributed by atoms with Gasteiger partial charge in [0.25, 0.3) is 0 Å². The maximum atomic E-state index is 9.86. The molecule has 2 heteroatoms. The molecule has 0 aliphatic heterocycles. The fourth-order valence-corrected chi connectivity index (χ4v) is 7.10. The van der Waals surface area contributed by atoms with Crippen LogP contribution in [0.2, 0.25) is 0 Å². The van der Waals surface area contributed by atoms with Crippen LogP contribution in [0, 0.1) is 0 Å². The van der Waals surface area contributed by atoms with Crippen LogP contribution in [0.4, 0.5) is 0 Å². The Morgan fingerprint density at radius 1 is 0.320 bits per heavy atom. The molecule has 10 rings (SSSR count). The van der Waals surface area contributed by atoms with Crippen LogP contribution in [0.5, 0.6) is 0 Å². The molecule has 0 radical (unpaired) electrons. The average molecular weight is 647 g/mol. The molecule has 0 aliphatic rings. The molecule has 0 fully saturated rings. The highest BCUT2D eigenvalue weighted by Gasteiger charge is 2.18. The lowest BCUT2D eigenvalue weighted by Crippen LogP contribution is -1.97. The van der Waals surface area contributed by atoms with Crippen LogP contribution in [-0.4, -0.2) is 9.13 Å². The molecule has 2 nitrogen and oxygen atoms in total. The lowest BCUT2D eigenvalue weighted by atomic mass is 10.0. The summed E-state index contributed by atoms with van der Waals surface area (Å²) in [7, 11) is 0. The number of benzene rings is 8. The molecule has 8 aromatic carbocycles. The number of para-hydroxylation sites is 4. The van der Waals surface area contributed by atoms with Gasteiger partial charge in [-0.1, -0.05) is 145 Å². The van der Waals surface area contributed by atoms with Crippen LogP contribution in [0.1, 0.15) is 13.7 Å². The van der Waals surface area contributed by atoms with Gasteiger partial charge in [0.2, 0.25) is 0 Å². The van der Waals surface area contributed by atoms with Crippen LogP contribution >= 0.6 is 0 Å². The number of nitrogens with zero attached hydrogens (tertiary/aromatic N) is 2. The van der Waals surface area contributed by atoms with Gasteiger partial charge < -0.3 is 9.13 Å². The first-order chi connectivity index (χ1) is 29.0. The van der Waals surface area contributed by atoms with Crippen molar-refractivity contribution in [3.8, 4) is 44.8 Å². The molecule has 2 aromatic heterocycles. The van der Waals surface area contributed by atoms with E-state index in [4.69, 9.17) is 6.85 Å². The second-order valence-corrected chi connectivity index (χ2v) is 12.1. The largest absolute Gasteiger partial charge is 0.309 e. The summed E-state index contributed by atoms with van der Waals surface area (Å²) in [6.07, 6.45) is 0. The average Bonchev–Trinajstić information content (AvgIpc) is 3.77. The summed E-state index contributed by atoms with van der Waals surface area (Å²) in [4.78, 5) is 0. The molecule has 10 aromatic rings. The fourth-order valence-electron chi connectivity index (χ4n) is 7.10. The van der Waals surface area contributed by atoms with Crippen molar-refractivity contribution in [2.75, 3.05) is 0 Å². The van der Waals surface area contributed by atoms with E-state index in [-0.39, 0.29) is 87.2 Å². The van der Waals surface area contributed by atoms with E-state index in [1.807, 2.05) is 114 Å². The third kappa shape index (κ3) is 4.43. The molecule has 0 saturated carbocycles. The molecule has 2 heterocycles.